The number of halogens is 1. The third-order valence-electron chi connectivity index (χ3n) is 6.12. The second-order valence-electron chi connectivity index (χ2n) is 8.87. The van der Waals surface area contributed by atoms with Gasteiger partial charge in [-0.2, -0.15) is 10.1 Å². The molecule has 0 fully saturated rings. The lowest BCUT2D eigenvalue weighted by Crippen LogP contribution is -2.09. The summed E-state index contributed by atoms with van der Waals surface area (Å²) in [6.45, 7) is 2.88. The number of hydrogen-bond donors (Lipinski definition) is 1. The fraction of sp³-hybridized carbons (Fsp3) is 0.214. The highest BCUT2D eigenvalue weighted by atomic mass is 19.1. The number of pyridine rings is 1. The minimum atomic E-state index is -0.989. The number of carboxylic acids is 1. The van der Waals surface area contributed by atoms with Gasteiger partial charge in [-0.1, -0.05) is 18.2 Å². The fourth-order valence-electron chi connectivity index (χ4n) is 4.16. The second kappa shape index (κ2) is 10.8. The molecule has 0 unspecified atom stereocenters. The highest BCUT2D eigenvalue weighted by Crippen LogP contribution is 2.21. The van der Waals surface area contributed by atoms with Crippen molar-refractivity contribution in [3.63, 3.8) is 0 Å². The molecule has 0 spiro atoms. The van der Waals surface area contributed by atoms with Crippen LogP contribution in [0, 0.1) is 12.7 Å². The molecule has 0 bridgehead atoms. The van der Waals surface area contributed by atoms with Crippen LogP contribution >= 0.6 is 0 Å². The van der Waals surface area contributed by atoms with Gasteiger partial charge in [0.05, 0.1) is 29.4 Å². The number of imidazole rings is 1. The van der Waals surface area contributed by atoms with Crippen LogP contribution in [0.25, 0.3) is 16.9 Å². The molecule has 0 aliphatic heterocycles. The van der Waals surface area contributed by atoms with Crippen LogP contribution < -0.4 is 4.74 Å². The van der Waals surface area contributed by atoms with E-state index in [-0.39, 0.29) is 18.0 Å². The molecule has 9 nitrogen and oxygen atoms in total. The van der Waals surface area contributed by atoms with E-state index in [1.54, 1.807) is 60.5 Å². The van der Waals surface area contributed by atoms with Crippen molar-refractivity contribution in [3.05, 3.63) is 101 Å². The molecule has 10 heteroatoms. The molecule has 0 aliphatic rings. The Morgan fingerprint density at radius 1 is 1.11 bits per heavy atom. The molecular weight excluding hydrogens is 489 g/mol. The van der Waals surface area contributed by atoms with E-state index in [4.69, 9.17) is 14.5 Å². The fourth-order valence-corrected chi connectivity index (χ4v) is 4.16. The lowest BCUT2D eigenvalue weighted by molar-refractivity contribution is 0.0697. The van der Waals surface area contributed by atoms with Gasteiger partial charge < -0.3 is 19.1 Å². The Hall–Kier alpha value is -4.57. The van der Waals surface area contributed by atoms with Crippen LogP contribution in [-0.4, -0.2) is 49.1 Å². The quantitative estimate of drug-likeness (QED) is 0.290. The number of methoxy groups -OCH3 is 1. The van der Waals surface area contributed by atoms with Crippen molar-refractivity contribution in [2.45, 2.75) is 26.5 Å². The van der Waals surface area contributed by atoms with Crippen molar-refractivity contribution in [2.24, 2.45) is 0 Å². The van der Waals surface area contributed by atoms with Crippen molar-refractivity contribution in [1.82, 2.24) is 24.3 Å². The van der Waals surface area contributed by atoms with Gasteiger partial charge in [-0.05, 0) is 48.4 Å². The van der Waals surface area contributed by atoms with Crippen molar-refractivity contribution >= 4 is 17.0 Å². The maximum Gasteiger partial charge on any atom is 0.335 e. The topological polar surface area (TPSA) is 104 Å². The summed E-state index contributed by atoms with van der Waals surface area (Å²) in [6.07, 6.45) is 4.07. The zero-order valence-electron chi connectivity index (χ0n) is 21.0. The second-order valence-corrected chi connectivity index (χ2v) is 8.87. The first kappa shape index (κ1) is 25.1. The summed E-state index contributed by atoms with van der Waals surface area (Å²) in [5.74, 6) is 0.377. The molecular formula is C28H26FN5O4. The predicted molar refractivity (Wildman–Crippen MR) is 138 cm³/mol. The van der Waals surface area contributed by atoms with Crippen molar-refractivity contribution in [1.29, 1.82) is 0 Å². The van der Waals surface area contributed by atoms with E-state index in [0.717, 1.165) is 22.5 Å². The minimum Gasteiger partial charge on any atom is -0.478 e. The highest BCUT2D eigenvalue weighted by Gasteiger charge is 2.15. The van der Waals surface area contributed by atoms with Gasteiger partial charge in [-0.3, -0.25) is 0 Å². The molecule has 0 atom stereocenters. The standard InChI is InChI=1S/C28H26FN5O4/c1-18-6-7-21(22(29)12-18)17-38-27-5-3-4-25(32-27)34-16-19(15-30-34)13-26-31-23-9-8-20(28(35)36)14-24(23)33(26)10-11-37-2/h3-9,12,14-16H,10-11,13,17H2,1-2H3,(H,35,36). The zero-order valence-corrected chi connectivity index (χ0v) is 21.0. The Morgan fingerprint density at radius 3 is 2.76 bits per heavy atom. The van der Waals surface area contributed by atoms with Crippen LogP contribution in [0.3, 0.4) is 0 Å². The van der Waals surface area contributed by atoms with E-state index in [9.17, 15) is 14.3 Å². The largest absolute Gasteiger partial charge is 0.478 e. The lowest BCUT2D eigenvalue weighted by Gasteiger charge is -2.09. The van der Waals surface area contributed by atoms with Crippen LogP contribution in [0.5, 0.6) is 5.88 Å². The average molecular weight is 516 g/mol. The van der Waals surface area contributed by atoms with Crippen LogP contribution in [0.4, 0.5) is 4.39 Å². The van der Waals surface area contributed by atoms with Crippen molar-refractivity contribution < 1.29 is 23.8 Å². The molecule has 3 aromatic heterocycles. The van der Waals surface area contributed by atoms with Gasteiger partial charge in [0.15, 0.2) is 5.82 Å². The molecule has 3 heterocycles. The number of nitrogens with zero attached hydrogens (tertiary/aromatic N) is 5. The number of benzene rings is 2. The number of carboxylic acid groups (broad SMARTS) is 1. The first-order valence-corrected chi connectivity index (χ1v) is 12.0. The van der Waals surface area contributed by atoms with Gasteiger partial charge in [0.2, 0.25) is 5.88 Å². The molecule has 0 amide bonds. The first-order chi connectivity index (χ1) is 18.4. The number of aromatic nitrogens is 5. The Morgan fingerprint density at radius 2 is 1.97 bits per heavy atom. The van der Waals surface area contributed by atoms with Crippen molar-refractivity contribution in [2.75, 3.05) is 13.7 Å². The lowest BCUT2D eigenvalue weighted by atomic mass is 10.1. The molecule has 0 aliphatic carbocycles. The average Bonchev–Trinajstić information content (AvgIpc) is 3.51. The third kappa shape index (κ3) is 5.40. The normalized spacial score (nSPS) is 11.2. The minimum absolute atomic E-state index is 0.0637. The van der Waals surface area contributed by atoms with E-state index >= 15 is 0 Å². The maximum atomic E-state index is 14.1. The smallest absolute Gasteiger partial charge is 0.335 e. The molecule has 38 heavy (non-hydrogen) atoms. The van der Waals surface area contributed by atoms with E-state index in [2.05, 4.69) is 10.1 Å². The third-order valence-corrected chi connectivity index (χ3v) is 6.12. The van der Waals surface area contributed by atoms with Gasteiger partial charge in [0.1, 0.15) is 18.2 Å². The highest BCUT2D eigenvalue weighted by molar-refractivity contribution is 5.92. The van der Waals surface area contributed by atoms with E-state index in [1.807, 2.05) is 23.8 Å². The molecule has 194 valence electrons. The maximum absolute atomic E-state index is 14.1. The molecule has 0 radical (unpaired) electrons. The molecule has 2 aromatic carbocycles. The van der Waals surface area contributed by atoms with Crippen LogP contribution in [-0.2, 0) is 24.3 Å². The van der Waals surface area contributed by atoms with Gasteiger partial charge in [0.25, 0.3) is 0 Å². The number of carbonyl (C=O) groups is 1. The Labute approximate surface area is 218 Å². The summed E-state index contributed by atoms with van der Waals surface area (Å²) in [5.41, 5.74) is 3.85. The van der Waals surface area contributed by atoms with E-state index in [1.165, 1.54) is 6.07 Å². The molecule has 5 aromatic rings. The summed E-state index contributed by atoms with van der Waals surface area (Å²) in [6, 6.07) is 15.2. The number of ether oxygens (including phenoxy) is 2. The number of fused-ring (bicyclic) bond motifs is 1. The van der Waals surface area contributed by atoms with Gasteiger partial charge in [-0.15, -0.1) is 0 Å². The first-order valence-electron chi connectivity index (χ1n) is 12.0. The zero-order chi connectivity index (χ0) is 26.6. The Bertz CT molecular complexity index is 1610. The Balaban J connectivity index is 1.35. The van der Waals surface area contributed by atoms with Gasteiger partial charge in [0, 0.05) is 37.9 Å². The summed E-state index contributed by atoms with van der Waals surface area (Å²) >= 11 is 0. The summed E-state index contributed by atoms with van der Waals surface area (Å²) in [4.78, 5) is 20.7. The van der Waals surface area contributed by atoms with Gasteiger partial charge >= 0.3 is 5.97 Å². The molecule has 5 rings (SSSR count). The predicted octanol–water partition coefficient (Wildman–Crippen LogP) is 4.58. The van der Waals surface area contributed by atoms with E-state index < -0.39 is 5.97 Å². The number of aromatic carboxylic acids is 1. The molecule has 1 N–H and O–H groups in total. The van der Waals surface area contributed by atoms with E-state index in [0.29, 0.717) is 42.4 Å². The number of rotatable bonds is 10. The number of aryl methyl sites for hydroxylation is 1. The summed E-state index contributed by atoms with van der Waals surface area (Å²) in [5, 5.41) is 13.8. The summed E-state index contributed by atoms with van der Waals surface area (Å²) in [7, 11) is 1.62. The van der Waals surface area contributed by atoms with Crippen LogP contribution in [0.15, 0.2) is 67.0 Å². The van der Waals surface area contributed by atoms with Crippen LogP contribution in [0.2, 0.25) is 0 Å². The molecule has 0 saturated carbocycles. The summed E-state index contributed by atoms with van der Waals surface area (Å²) < 4.78 is 28.7. The monoisotopic (exact) mass is 515 g/mol. The van der Waals surface area contributed by atoms with Gasteiger partial charge in [-0.25, -0.2) is 18.9 Å². The SMILES string of the molecule is COCCn1c(Cc2cnn(-c3cccc(OCc4ccc(C)cc4F)n3)c2)nc2ccc(C(=O)O)cc21. The van der Waals surface area contributed by atoms with Crippen LogP contribution in [0.1, 0.15) is 32.9 Å². The Kier molecular flexibility index (Phi) is 7.14. The molecule has 0 saturated heterocycles. The van der Waals surface area contributed by atoms with Crippen molar-refractivity contribution in [3.8, 4) is 11.7 Å². The number of hydrogen-bond acceptors (Lipinski definition) is 6.